The zero-order valence-corrected chi connectivity index (χ0v) is 18.9. The van der Waals surface area contributed by atoms with Crippen LogP contribution in [-0.2, 0) is 6.54 Å². The maximum absolute atomic E-state index is 13.6. The third-order valence-corrected chi connectivity index (χ3v) is 5.98. The molecule has 1 aliphatic rings. The second kappa shape index (κ2) is 10.3. The molecule has 4 rings (SSSR count). The minimum Gasteiger partial charge on any atom is -0.388 e. The number of para-hydroxylation sites is 1. The third kappa shape index (κ3) is 5.41. The molecule has 0 spiro atoms. The predicted octanol–water partition coefficient (Wildman–Crippen LogP) is 4.12. The van der Waals surface area contributed by atoms with E-state index in [0.29, 0.717) is 25.2 Å². The van der Waals surface area contributed by atoms with Crippen molar-refractivity contribution >= 4 is 23.2 Å². The van der Waals surface area contributed by atoms with Gasteiger partial charge in [0.15, 0.2) is 5.78 Å². The van der Waals surface area contributed by atoms with Gasteiger partial charge in [0.2, 0.25) is 0 Å². The monoisotopic (exact) mass is 443 g/mol. The van der Waals surface area contributed by atoms with Crippen molar-refractivity contribution in [2.45, 2.75) is 13.5 Å². The number of piperazine rings is 1. The highest BCUT2D eigenvalue weighted by atomic mass is 16.3. The first-order chi connectivity index (χ1) is 16.0. The van der Waals surface area contributed by atoms with Crippen molar-refractivity contribution < 1.29 is 14.7 Å². The molecule has 0 radical (unpaired) electrons. The van der Waals surface area contributed by atoms with Crippen molar-refractivity contribution in [1.29, 1.82) is 0 Å². The van der Waals surface area contributed by atoms with Crippen molar-refractivity contribution in [2.24, 2.45) is 0 Å². The number of aryl methyl sites for hydroxylation is 1. The highest BCUT2D eigenvalue weighted by Crippen LogP contribution is 2.23. The van der Waals surface area contributed by atoms with Crippen LogP contribution < -0.4 is 9.80 Å². The fraction of sp³-hybridized carbons (Fsp3) is 0.259. The van der Waals surface area contributed by atoms with Gasteiger partial charge in [0, 0.05) is 43.1 Å². The first kappa shape index (κ1) is 22.6. The highest BCUT2D eigenvalue weighted by molar-refractivity contribution is 5.97. The molecule has 1 saturated heterocycles. The standard InChI is InChI=1S/C27H29N3O3/c1-21-6-5-9-25(18-21)30(19-22-10-12-23(13-11-22)26(32)20-31)27(33)29-16-14-28(15-17-29)24-7-3-2-4-8-24/h2-13,18,31H,14-17,19-20H2,1H3. The lowest BCUT2D eigenvalue weighted by Gasteiger charge is -2.38. The van der Waals surface area contributed by atoms with Crippen LogP contribution in [-0.4, -0.2) is 54.6 Å². The summed E-state index contributed by atoms with van der Waals surface area (Å²) in [6.45, 7) is 4.78. The quantitative estimate of drug-likeness (QED) is 0.582. The number of urea groups is 1. The van der Waals surface area contributed by atoms with Crippen LogP contribution in [0, 0.1) is 6.92 Å². The number of aliphatic hydroxyl groups is 1. The van der Waals surface area contributed by atoms with Crippen LogP contribution in [0.25, 0.3) is 0 Å². The molecule has 0 atom stereocenters. The average Bonchev–Trinajstić information content (AvgIpc) is 2.87. The van der Waals surface area contributed by atoms with E-state index in [9.17, 15) is 9.59 Å². The fourth-order valence-corrected chi connectivity index (χ4v) is 4.10. The molecule has 0 aliphatic carbocycles. The number of nitrogens with zero attached hydrogens (tertiary/aromatic N) is 3. The van der Waals surface area contributed by atoms with E-state index < -0.39 is 6.61 Å². The summed E-state index contributed by atoms with van der Waals surface area (Å²) in [5.74, 6) is -0.315. The Balaban J connectivity index is 1.51. The van der Waals surface area contributed by atoms with Crippen molar-refractivity contribution in [3.63, 3.8) is 0 Å². The summed E-state index contributed by atoms with van der Waals surface area (Å²) in [6.07, 6.45) is 0. The Bertz CT molecular complexity index is 1090. The lowest BCUT2D eigenvalue weighted by atomic mass is 10.1. The zero-order valence-electron chi connectivity index (χ0n) is 18.9. The molecule has 3 aromatic rings. The Morgan fingerprint density at radius 3 is 2.21 bits per heavy atom. The number of amides is 2. The van der Waals surface area contributed by atoms with Gasteiger partial charge < -0.3 is 14.9 Å². The third-order valence-electron chi connectivity index (χ3n) is 5.98. The Labute approximate surface area is 194 Å². The second-order valence-corrected chi connectivity index (χ2v) is 8.30. The van der Waals surface area contributed by atoms with E-state index in [1.165, 1.54) is 5.69 Å². The van der Waals surface area contributed by atoms with Crippen LogP contribution in [0.3, 0.4) is 0 Å². The van der Waals surface area contributed by atoms with Crippen LogP contribution in [0.15, 0.2) is 78.9 Å². The number of carbonyl (C=O) groups is 2. The molecule has 0 saturated carbocycles. The molecule has 3 aromatic carbocycles. The molecular weight excluding hydrogens is 414 g/mol. The SMILES string of the molecule is Cc1cccc(N(Cc2ccc(C(=O)CO)cc2)C(=O)N2CCN(c3ccccc3)CC2)c1. The molecular formula is C27H29N3O3. The summed E-state index contributed by atoms with van der Waals surface area (Å²) < 4.78 is 0. The number of anilines is 2. The molecule has 1 aliphatic heterocycles. The van der Waals surface area contributed by atoms with Gasteiger partial charge in [0.05, 0.1) is 6.54 Å². The van der Waals surface area contributed by atoms with Crippen LogP contribution in [0.4, 0.5) is 16.2 Å². The number of hydrogen-bond donors (Lipinski definition) is 1. The van der Waals surface area contributed by atoms with Crippen LogP contribution in [0.2, 0.25) is 0 Å². The number of ketones is 1. The summed E-state index contributed by atoms with van der Waals surface area (Å²) in [5, 5.41) is 9.07. The topological polar surface area (TPSA) is 64.1 Å². The lowest BCUT2D eigenvalue weighted by molar-refractivity contribution is 0.0903. The average molecular weight is 444 g/mol. The molecule has 0 aromatic heterocycles. The van der Waals surface area contributed by atoms with Crippen molar-refractivity contribution in [3.8, 4) is 0 Å². The van der Waals surface area contributed by atoms with Gasteiger partial charge in [0.25, 0.3) is 0 Å². The van der Waals surface area contributed by atoms with Gasteiger partial charge in [-0.3, -0.25) is 9.69 Å². The number of hydrogen-bond acceptors (Lipinski definition) is 4. The highest BCUT2D eigenvalue weighted by Gasteiger charge is 2.26. The van der Waals surface area contributed by atoms with Crippen molar-refractivity contribution in [1.82, 2.24) is 4.90 Å². The maximum atomic E-state index is 13.6. The largest absolute Gasteiger partial charge is 0.388 e. The summed E-state index contributed by atoms with van der Waals surface area (Å²) in [6, 6.07) is 25.3. The summed E-state index contributed by atoms with van der Waals surface area (Å²) in [5.41, 5.74) is 4.50. The van der Waals surface area contributed by atoms with Gasteiger partial charge in [-0.25, -0.2) is 4.79 Å². The first-order valence-electron chi connectivity index (χ1n) is 11.2. The van der Waals surface area contributed by atoms with E-state index in [1.54, 1.807) is 17.0 Å². The normalized spacial score (nSPS) is 13.6. The Kier molecular flexibility index (Phi) is 7.05. The smallest absolute Gasteiger partial charge is 0.324 e. The minimum atomic E-state index is -0.512. The van der Waals surface area contributed by atoms with E-state index >= 15 is 0 Å². The van der Waals surface area contributed by atoms with Gasteiger partial charge in [-0.1, -0.05) is 54.6 Å². The van der Waals surface area contributed by atoms with Crippen LogP contribution in [0.5, 0.6) is 0 Å². The number of Topliss-reactive ketones (excluding diaryl/α,β-unsaturated/α-hetero) is 1. The maximum Gasteiger partial charge on any atom is 0.324 e. The molecule has 6 nitrogen and oxygen atoms in total. The van der Waals surface area contributed by atoms with Crippen molar-refractivity contribution in [2.75, 3.05) is 42.6 Å². The Morgan fingerprint density at radius 2 is 1.58 bits per heavy atom. The Morgan fingerprint density at radius 1 is 0.879 bits per heavy atom. The van der Waals surface area contributed by atoms with Crippen molar-refractivity contribution in [3.05, 3.63) is 95.6 Å². The van der Waals surface area contributed by atoms with Crippen LogP contribution >= 0.6 is 0 Å². The molecule has 33 heavy (non-hydrogen) atoms. The minimum absolute atomic E-state index is 0.0242. The molecule has 170 valence electrons. The molecule has 1 heterocycles. The number of rotatable bonds is 6. The van der Waals surface area contributed by atoms with E-state index in [2.05, 4.69) is 17.0 Å². The fourth-order valence-electron chi connectivity index (χ4n) is 4.10. The van der Waals surface area contributed by atoms with Gasteiger partial charge in [-0.05, 0) is 42.3 Å². The molecule has 6 heteroatoms. The molecule has 1 N–H and O–H groups in total. The number of carbonyl (C=O) groups excluding carboxylic acids is 2. The van der Waals surface area contributed by atoms with E-state index in [1.807, 2.05) is 66.4 Å². The summed E-state index contributed by atoms with van der Waals surface area (Å²) in [7, 11) is 0. The molecule has 0 unspecified atom stereocenters. The Hall–Kier alpha value is -3.64. The van der Waals surface area contributed by atoms with E-state index in [4.69, 9.17) is 5.11 Å². The first-order valence-corrected chi connectivity index (χ1v) is 11.2. The van der Waals surface area contributed by atoms with E-state index in [0.717, 1.165) is 29.9 Å². The molecule has 1 fully saturated rings. The van der Waals surface area contributed by atoms with Crippen LogP contribution in [0.1, 0.15) is 21.5 Å². The van der Waals surface area contributed by atoms with Gasteiger partial charge in [0.1, 0.15) is 6.61 Å². The van der Waals surface area contributed by atoms with Gasteiger partial charge in [-0.15, -0.1) is 0 Å². The molecule has 0 bridgehead atoms. The predicted molar refractivity (Wildman–Crippen MR) is 131 cm³/mol. The summed E-state index contributed by atoms with van der Waals surface area (Å²) >= 11 is 0. The van der Waals surface area contributed by atoms with Gasteiger partial charge in [-0.2, -0.15) is 0 Å². The molecule has 2 amide bonds. The number of aliphatic hydroxyl groups excluding tert-OH is 1. The van der Waals surface area contributed by atoms with E-state index in [-0.39, 0.29) is 11.8 Å². The summed E-state index contributed by atoms with van der Waals surface area (Å²) in [4.78, 5) is 31.4. The van der Waals surface area contributed by atoms with Gasteiger partial charge >= 0.3 is 6.03 Å². The lowest BCUT2D eigenvalue weighted by Crippen LogP contribution is -2.53. The second-order valence-electron chi connectivity index (χ2n) is 8.30. The zero-order chi connectivity index (χ0) is 23.2. The number of benzene rings is 3.